The Balaban J connectivity index is 2.19. The van der Waals surface area contributed by atoms with Gasteiger partial charge in [-0.1, -0.05) is 34.9 Å². The number of carbonyl (C=O) groups is 1. The predicted molar refractivity (Wildman–Crippen MR) is 83.7 cm³/mol. The standard InChI is InChI=1S/C15H17BrN2O3/c1-9(2)8-20-13-5-4-11(16)7-12(13)15(19)17-14-6-10(3)21-18-14/h4-7,9H,8H2,1-3H3,(H,17,18,19). The van der Waals surface area contributed by atoms with E-state index in [1.165, 1.54) is 0 Å². The highest BCUT2D eigenvalue weighted by Gasteiger charge is 2.15. The van der Waals surface area contributed by atoms with Crippen molar-refractivity contribution in [1.82, 2.24) is 5.16 Å². The van der Waals surface area contributed by atoms with E-state index < -0.39 is 0 Å². The molecule has 1 amide bonds. The third kappa shape index (κ3) is 4.32. The number of rotatable bonds is 5. The Labute approximate surface area is 131 Å². The van der Waals surface area contributed by atoms with Gasteiger partial charge in [-0.25, -0.2) is 0 Å². The van der Waals surface area contributed by atoms with Crippen LogP contribution in [0.25, 0.3) is 0 Å². The molecular formula is C15H17BrN2O3. The minimum absolute atomic E-state index is 0.289. The molecule has 1 heterocycles. The Morgan fingerprint density at radius 3 is 2.81 bits per heavy atom. The molecule has 21 heavy (non-hydrogen) atoms. The second-order valence-electron chi connectivity index (χ2n) is 5.12. The van der Waals surface area contributed by atoms with Crippen LogP contribution in [0, 0.1) is 12.8 Å². The molecule has 0 aliphatic carbocycles. The van der Waals surface area contributed by atoms with Gasteiger partial charge in [-0.3, -0.25) is 4.79 Å². The molecule has 1 aromatic carbocycles. The van der Waals surface area contributed by atoms with Crippen LogP contribution in [0.1, 0.15) is 30.0 Å². The summed E-state index contributed by atoms with van der Waals surface area (Å²) >= 11 is 3.36. The molecule has 0 aliphatic heterocycles. The number of aryl methyl sites for hydroxylation is 1. The average Bonchev–Trinajstić information content (AvgIpc) is 2.82. The van der Waals surface area contributed by atoms with Gasteiger partial charge in [0.25, 0.3) is 5.91 Å². The summed E-state index contributed by atoms with van der Waals surface area (Å²) in [5.74, 6) is 1.65. The SMILES string of the molecule is Cc1cc(NC(=O)c2cc(Br)ccc2OCC(C)C)no1. The van der Waals surface area contributed by atoms with Crippen molar-refractivity contribution in [3.05, 3.63) is 40.1 Å². The first-order valence-corrected chi connectivity index (χ1v) is 7.42. The Bertz CT molecular complexity index is 638. The summed E-state index contributed by atoms with van der Waals surface area (Å²) in [5, 5.41) is 6.44. The van der Waals surface area contributed by atoms with E-state index in [1.807, 2.05) is 6.07 Å². The van der Waals surface area contributed by atoms with Gasteiger partial charge in [-0.15, -0.1) is 0 Å². The van der Waals surface area contributed by atoms with Gasteiger partial charge in [0.15, 0.2) is 5.82 Å². The molecule has 112 valence electrons. The average molecular weight is 353 g/mol. The maximum absolute atomic E-state index is 12.3. The largest absolute Gasteiger partial charge is 0.492 e. The lowest BCUT2D eigenvalue weighted by molar-refractivity contribution is 0.102. The highest BCUT2D eigenvalue weighted by atomic mass is 79.9. The summed E-state index contributed by atoms with van der Waals surface area (Å²) in [6.07, 6.45) is 0. The monoisotopic (exact) mass is 352 g/mol. The second kappa shape index (κ2) is 6.76. The lowest BCUT2D eigenvalue weighted by Crippen LogP contribution is -2.15. The van der Waals surface area contributed by atoms with E-state index in [-0.39, 0.29) is 5.91 Å². The zero-order valence-corrected chi connectivity index (χ0v) is 13.7. The molecule has 0 radical (unpaired) electrons. The number of hydrogen-bond acceptors (Lipinski definition) is 4. The summed E-state index contributed by atoms with van der Waals surface area (Å²) in [7, 11) is 0. The fraction of sp³-hybridized carbons (Fsp3) is 0.333. The van der Waals surface area contributed by atoms with Crippen molar-refractivity contribution >= 4 is 27.7 Å². The van der Waals surface area contributed by atoms with Gasteiger partial charge in [-0.2, -0.15) is 0 Å². The van der Waals surface area contributed by atoms with Crippen molar-refractivity contribution in [3.8, 4) is 5.75 Å². The van der Waals surface area contributed by atoms with Gasteiger partial charge in [0.1, 0.15) is 11.5 Å². The number of carbonyl (C=O) groups excluding carboxylic acids is 1. The zero-order chi connectivity index (χ0) is 15.4. The molecular weight excluding hydrogens is 336 g/mol. The number of amides is 1. The zero-order valence-electron chi connectivity index (χ0n) is 12.1. The molecule has 2 rings (SSSR count). The number of nitrogens with zero attached hydrogens (tertiary/aromatic N) is 1. The number of benzene rings is 1. The molecule has 0 atom stereocenters. The summed E-state index contributed by atoms with van der Waals surface area (Å²) in [5.41, 5.74) is 0.450. The number of ether oxygens (including phenoxy) is 1. The molecule has 2 aromatic rings. The van der Waals surface area contributed by atoms with Crippen molar-refractivity contribution in [2.75, 3.05) is 11.9 Å². The van der Waals surface area contributed by atoms with E-state index >= 15 is 0 Å². The molecule has 0 saturated heterocycles. The number of aromatic nitrogens is 1. The third-order valence-electron chi connectivity index (χ3n) is 2.63. The summed E-state index contributed by atoms with van der Waals surface area (Å²) in [4.78, 5) is 12.3. The normalized spacial score (nSPS) is 10.7. The molecule has 6 heteroatoms. The van der Waals surface area contributed by atoms with E-state index in [1.54, 1.807) is 25.1 Å². The van der Waals surface area contributed by atoms with E-state index in [0.717, 1.165) is 4.47 Å². The summed E-state index contributed by atoms with van der Waals surface area (Å²) < 4.78 is 11.4. The smallest absolute Gasteiger partial charge is 0.260 e. The second-order valence-corrected chi connectivity index (χ2v) is 6.04. The first-order chi connectivity index (χ1) is 9.95. The van der Waals surface area contributed by atoms with Crippen molar-refractivity contribution in [3.63, 3.8) is 0 Å². The van der Waals surface area contributed by atoms with Crippen LogP contribution in [0.2, 0.25) is 0 Å². The summed E-state index contributed by atoms with van der Waals surface area (Å²) in [6.45, 7) is 6.41. The molecule has 1 aromatic heterocycles. The van der Waals surface area contributed by atoms with Crippen LogP contribution in [-0.4, -0.2) is 17.7 Å². The number of nitrogens with one attached hydrogen (secondary N) is 1. The Kier molecular flexibility index (Phi) is 5.01. The lowest BCUT2D eigenvalue weighted by atomic mass is 10.2. The van der Waals surface area contributed by atoms with Crippen LogP contribution in [0.3, 0.4) is 0 Å². The molecule has 0 unspecified atom stereocenters. The maximum atomic E-state index is 12.3. The Morgan fingerprint density at radius 1 is 1.43 bits per heavy atom. The minimum atomic E-state index is -0.289. The van der Waals surface area contributed by atoms with E-state index in [0.29, 0.717) is 35.4 Å². The Morgan fingerprint density at radius 2 is 2.19 bits per heavy atom. The van der Waals surface area contributed by atoms with Gasteiger partial charge < -0.3 is 14.6 Å². The molecule has 0 spiro atoms. The van der Waals surface area contributed by atoms with E-state index in [4.69, 9.17) is 9.26 Å². The van der Waals surface area contributed by atoms with Crippen molar-refractivity contribution in [1.29, 1.82) is 0 Å². The van der Waals surface area contributed by atoms with Crippen LogP contribution in [0.5, 0.6) is 5.75 Å². The van der Waals surface area contributed by atoms with Crippen LogP contribution in [0.15, 0.2) is 33.3 Å². The van der Waals surface area contributed by atoms with E-state index in [2.05, 4.69) is 40.3 Å². The highest BCUT2D eigenvalue weighted by molar-refractivity contribution is 9.10. The number of halogens is 1. The minimum Gasteiger partial charge on any atom is -0.492 e. The molecule has 1 N–H and O–H groups in total. The lowest BCUT2D eigenvalue weighted by Gasteiger charge is -2.13. The van der Waals surface area contributed by atoms with Gasteiger partial charge in [0, 0.05) is 10.5 Å². The predicted octanol–water partition coefficient (Wildman–Crippen LogP) is 4.03. The van der Waals surface area contributed by atoms with Crippen molar-refractivity contribution < 1.29 is 14.1 Å². The van der Waals surface area contributed by atoms with Crippen LogP contribution in [0.4, 0.5) is 5.82 Å². The van der Waals surface area contributed by atoms with Crippen molar-refractivity contribution in [2.24, 2.45) is 5.92 Å². The Hall–Kier alpha value is -1.82. The van der Waals surface area contributed by atoms with Crippen LogP contribution in [-0.2, 0) is 0 Å². The highest BCUT2D eigenvalue weighted by Crippen LogP contribution is 2.25. The first-order valence-electron chi connectivity index (χ1n) is 6.62. The molecule has 0 fully saturated rings. The van der Waals surface area contributed by atoms with Crippen LogP contribution >= 0.6 is 15.9 Å². The fourth-order valence-electron chi connectivity index (χ4n) is 1.67. The third-order valence-corrected chi connectivity index (χ3v) is 3.12. The molecule has 0 aliphatic rings. The number of anilines is 1. The molecule has 0 bridgehead atoms. The molecule has 0 saturated carbocycles. The van der Waals surface area contributed by atoms with Gasteiger partial charge >= 0.3 is 0 Å². The molecule has 5 nitrogen and oxygen atoms in total. The first kappa shape index (κ1) is 15.6. The summed E-state index contributed by atoms with van der Waals surface area (Å²) in [6, 6.07) is 6.99. The van der Waals surface area contributed by atoms with Gasteiger partial charge in [-0.05, 0) is 31.0 Å². The van der Waals surface area contributed by atoms with E-state index in [9.17, 15) is 4.79 Å². The maximum Gasteiger partial charge on any atom is 0.260 e. The number of hydrogen-bond donors (Lipinski definition) is 1. The van der Waals surface area contributed by atoms with Gasteiger partial charge in [0.2, 0.25) is 0 Å². The quantitative estimate of drug-likeness (QED) is 0.881. The topological polar surface area (TPSA) is 64.4 Å². The fourth-order valence-corrected chi connectivity index (χ4v) is 2.03. The van der Waals surface area contributed by atoms with Crippen LogP contribution < -0.4 is 10.1 Å². The van der Waals surface area contributed by atoms with Crippen molar-refractivity contribution in [2.45, 2.75) is 20.8 Å². The van der Waals surface area contributed by atoms with Gasteiger partial charge in [0.05, 0.1) is 12.2 Å².